The summed E-state index contributed by atoms with van der Waals surface area (Å²) in [6.45, 7) is 6.36. The number of benzene rings is 1. The predicted octanol–water partition coefficient (Wildman–Crippen LogP) is 2.76. The molecule has 1 atom stereocenters. The predicted molar refractivity (Wildman–Crippen MR) is 69.0 cm³/mol. The third-order valence-corrected chi connectivity index (χ3v) is 2.77. The summed E-state index contributed by atoms with van der Waals surface area (Å²) in [5.41, 5.74) is 2.40. The van der Waals surface area contributed by atoms with Crippen LogP contribution < -0.4 is 5.32 Å². The molecule has 3 heteroatoms. The Morgan fingerprint density at radius 1 is 1.35 bits per heavy atom. The summed E-state index contributed by atoms with van der Waals surface area (Å²) in [5.74, 6) is -0.284. The molecule has 0 amide bonds. The van der Waals surface area contributed by atoms with Crippen LogP contribution in [0.15, 0.2) is 24.3 Å². The van der Waals surface area contributed by atoms with Crippen molar-refractivity contribution in [2.24, 2.45) is 5.92 Å². The molecule has 17 heavy (non-hydrogen) atoms. The molecule has 0 aliphatic carbocycles. The SMILES string of the molecule is Cc1ccccc1C(CC(C)C)NCC(=O)O. The number of carboxylic acid groups (broad SMARTS) is 1. The van der Waals surface area contributed by atoms with E-state index in [0.717, 1.165) is 6.42 Å². The third-order valence-electron chi connectivity index (χ3n) is 2.77. The smallest absolute Gasteiger partial charge is 0.317 e. The van der Waals surface area contributed by atoms with Gasteiger partial charge in [-0.05, 0) is 30.4 Å². The van der Waals surface area contributed by atoms with E-state index in [4.69, 9.17) is 5.11 Å². The van der Waals surface area contributed by atoms with E-state index in [1.54, 1.807) is 0 Å². The molecule has 1 unspecified atom stereocenters. The van der Waals surface area contributed by atoms with Gasteiger partial charge < -0.3 is 10.4 Å². The highest BCUT2D eigenvalue weighted by Gasteiger charge is 2.15. The summed E-state index contributed by atoms with van der Waals surface area (Å²) < 4.78 is 0. The van der Waals surface area contributed by atoms with Crippen LogP contribution in [0, 0.1) is 12.8 Å². The summed E-state index contributed by atoms with van der Waals surface area (Å²) in [4.78, 5) is 10.6. The molecule has 1 aromatic carbocycles. The van der Waals surface area contributed by atoms with Crippen LogP contribution in [0.4, 0.5) is 0 Å². The molecular weight excluding hydrogens is 214 g/mol. The minimum absolute atomic E-state index is 0.00568. The minimum Gasteiger partial charge on any atom is -0.480 e. The molecule has 0 radical (unpaired) electrons. The number of carbonyl (C=O) groups is 1. The van der Waals surface area contributed by atoms with E-state index >= 15 is 0 Å². The van der Waals surface area contributed by atoms with Gasteiger partial charge in [0.05, 0.1) is 6.54 Å². The highest BCUT2D eigenvalue weighted by molar-refractivity contribution is 5.69. The van der Waals surface area contributed by atoms with Gasteiger partial charge in [-0.15, -0.1) is 0 Å². The average molecular weight is 235 g/mol. The van der Waals surface area contributed by atoms with Gasteiger partial charge in [-0.2, -0.15) is 0 Å². The topological polar surface area (TPSA) is 49.3 Å². The molecule has 94 valence electrons. The lowest BCUT2D eigenvalue weighted by Crippen LogP contribution is -2.28. The highest BCUT2D eigenvalue weighted by Crippen LogP contribution is 2.23. The van der Waals surface area contributed by atoms with E-state index < -0.39 is 5.97 Å². The molecule has 0 aliphatic heterocycles. The second-order valence-electron chi connectivity index (χ2n) is 4.81. The van der Waals surface area contributed by atoms with Crippen molar-refractivity contribution < 1.29 is 9.90 Å². The molecule has 0 spiro atoms. The van der Waals surface area contributed by atoms with Gasteiger partial charge in [0.1, 0.15) is 0 Å². The lowest BCUT2D eigenvalue weighted by molar-refractivity contribution is -0.136. The average Bonchev–Trinajstić information content (AvgIpc) is 2.24. The molecular formula is C14H21NO2. The fraction of sp³-hybridized carbons (Fsp3) is 0.500. The monoisotopic (exact) mass is 235 g/mol. The second kappa shape index (κ2) is 6.40. The first-order valence-corrected chi connectivity index (χ1v) is 6.01. The Balaban J connectivity index is 2.82. The molecule has 1 aromatic rings. The molecule has 2 N–H and O–H groups in total. The molecule has 1 rings (SSSR count). The Kier molecular flexibility index (Phi) is 5.16. The van der Waals surface area contributed by atoms with Crippen LogP contribution in [0.5, 0.6) is 0 Å². The summed E-state index contributed by atoms with van der Waals surface area (Å²) in [6.07, 6.45) is 0.943. The van der Waals surface area contributed by atoms with Gasteiger partial charge in [0.2, 0.25) is 0 Å². The quantitative estimate of drug-likeness (QED) is 0.797. The third kappa shape index (κ3) is 4.57. The van der Waals surface area contributed by atoms with Crippen LogP contribution in [-0.4, -0.2) is 17.6 Å². The van der Waals surface area contributed by atoms with Crippen LogP contribution in [0.2, 0.25) is 0 Å². The first-order valence-electron chi connectivity index (χ1n) is 6.01. The van der Waals surface area contributed by atoms with Crippen molar-refractivity contribution in [1.82, 2.24) is 5.32 Å². The number of hydrogen-bond donors (Lipinski definition) is 2. The largest absolute Gasteiger partial charge is 0.480 e. The van der Waals surface area contributed by atoms with Crippen molar-refractivity contribution in [3.63, 3.8) is 0 Å². The minimum atomic E-state index is -0.813. The molecule has 0 saturated carbocycles. The van der Waals surface area contributed by atoms with E-state index in [1.807, 2.05) is 12.1 Å². The Bertz CT molecular complexity index is 374. The van der Waals surface area contributed by atoms with Gasteiger partial charge in [-0.3, -0.25) is 4.79 Å². The first-order chi connectivity index (χ1) is 8.00. The number of hydrogen-bond acceptors (Lipinski definition) is 2. The van der Waals surface area contributed by atoms with Gasteiger partial charge in [0.15, 0.2) is 0 Å². The van der Waals surface area contributed by atoms with Crippen molar-refractivity contribution in [2.45, 2.75) is 33.2 Å². The summed E-state index contributed by atoms with van der Waals surface area (Å²) in [5, 5.41) is 11.9. The lowest BCUT2D eigenvalue weighted by atomic mass is 9.94. The zero-order chi connectivity index (χ0) is 12.8. The normalized spacial score (nSPS) is 12.7. The van der Waals surface area contributed by atoms with E-state index in [2.05, 4.69) is 38.2 Å². The van der Waals surface area contributed by atoms with Crippen molar-refractivity contribution in [3.8, 4) is 0 Å². The van der Waals surface area contributed by atoms with Crippen LogP contribution in [0.25, 0.3) is 0 Å². The number of rotatable bonds is 6. The Hall–Kier alpha value is -1.35. The van der Waals surface area contributed by atoms with Crippen molar-refractivity contribution in [2.75, 3.05) is 6.54 Å². The fourth-order valence-corrected chi connectivity index (χ4v) is 1.98. The van der Waals surface area contributed by atoms with Gasteiger partial charge in [0, 0.05) is 6.04 Å². The summed E-state index contributed by atoms with van der Waals surface area (Å²) >= 11 is 0. The zero-order valence-electron chi connectivity index (χ0n) is 10.7. The number of aliphatic carboxylic acids is 1. The Morgan fingerprint density at radius 2 is 2.00 bits per heavy atom. The van der Waals surface area contributed by atoms with E-state index in [9.17, 15) is 4.79 Å². The van der Waals surface area contributed by atoms with Crippen molar-refractivity contribution >= 4 is 5.97 Å². The molecule has 0 bridgehead atoms. The standard InChI is InChI=1S/C14H21NO2/c1-10(2)8-13(15-9-14(16)17)12-7-5-4-6-11(12)3/h4-7,10,13,15H,8-9H2,1-3H3,(H,16,17). The van der Waals surface area contributed by atoms with E-state index in [0.29, 0.717) is 5.92 Å². The zero-order valence-corrected chi connectivity index (χ0v) is 10.7. The van der Waals surface area contributed by atoms with Gasteiger partial charge in [0.25, 0.3) is 0 Å². The second-order valence-corrected chi connectivity index (χ2v) is 4.81. The fourth-order valence-electron chi connectivity index (χ4n) is 1.98. The van der Waals surface area contributed by atoms with Crippen LogP contribution in [0.3, 0.4) is 0 Å². The lowest BCUT2D eigenvalue weighted by Gasteiger charge is -2.22. The molecule has 0 aromatic heterocycles. The van der Waals surface area contributed by atoms with Crippen LogP contribution in [0.1, 0.15) is 37.4 Å². The Labute approximate surface area is 103 Å². The van der Waals surface area contributed by atoms with Crippen molar-refractivity contribution in [1.29, 1.82) is 0 Å². The molecule has 3 nitrogen and oxygen atoms in total. The molecule has 0 saturated heterocycles. The van der Waals surface area contributed by atoms with Gasteiger partial charge in [-0.1, -0.05) is 38.1 Å². The van der Waals surface area contributed by atoms with Crippen LogP contribution in [-0.2, 0) is 4.79 Å². The number of carboxylic acids is 1. The highest BCUT2D eigenvalue weighted by atomic mass is 16.4. The molecule has 0 fully saturated rings. The summed E-state index contributed by atoms with van der Waals surface area (Å²) in [7, 11) is 0. The van der Waals surface area contributed by atoms with E-state index in [1.165, 1.54) is 11.1 Å². The van der Waals surface area contributed by atoms with Gasteiger partial charge >= 0.3 is 5.97 Å². The van der Waals surface area contributed by atoms with E-state index in [-0.39, 0.29) is 12.6 Å². The maximum absolute atomic E-state index is 10.6. The Morgan fingerprint density at radius 3 is 2.53 bits per heavy atom. The molecule has 0 heterocycles. The number of aryl methyl sites for hydroxylation is 1. The van der Waals surface area contributed by atoms with Crippen LogP contribution >= 0.6 is 0 Å². The van der Waals surface area contributed by atoms with Gasteiger partial charge in [-0.25, -0.2) is 0 Å². The maximum atomic E-state index is 10.6. The van der Waals surface area contributed by atoms with Crippen molar-refractivity contribution in [3.05, 3.63) is 35.4 Å². The maximum Gasteiger partial charge on any atom is 0.317 e. The summed E-state index contributed by atoms with van der Waals surface area (Å²) in [6, 6.07) is 8.25. The first kappa shape index (κ1) is 13.7. The molecule has 0 aliphatic rings. The number of nitrogens with one attached hydrogen (secondary N) is 1.